The molecule has 0 saturated carbocycles. The SMILES string of the molecule is CC1(C)Cc2c(C#N)c(SCCc3cccc(O)c3)nc(N3CCN(CCO)CC3)c2CO1. The quantitative estimate of drug-likeness (QED) is 0.599. The number of rotatable bonds is 7. The number of thioether (sulfide) groups is 1. The Morgan fingerprint density at radius 1 is 1.21 bits per heavy atom. The third-order valence-corrected chi connectivity index (χ3v) is 7.28. The van der Waals surface area contributed by atoms with Gasteiger partial charge in [-0.1, -0.05) is 12.1 Å². The summed E-state index contributed by atoms with van der Waals surface area (Å²) in [7, 11) is 0. The second-order valence-corrected chi connectivity index (χ2v) is 10.3. The third-order valence-electron chi connectivity index (χ3n) is 6.31. The number of nitriles is 1. The van der Waals surface area contributed by atoms with Crippen LogP contribution in [0, 0.1) is 11.3 Å². The Labute approximate surface area is 200 Å². The molecule has 0 aliphatic carbocycles. The molecule has 2 aliphatic rings. The van der Waals surface area contributed by atoms with E-state index in [9.17, 15) is 15.5 Å². The Morgan fingerprint density at radius 3 is 2.70 bits per heavy atom. The molecule has 4 rings (SSSR count). The Kier molecular flexibility index (Phi) is 7.45. The van der Waals surface area contributed by atoms with Gasteiger partial charge >= 0.3 is 0 Å². The van der Waals surface area contributed by atoms with Gasteiger partial charge < -0.3 is 19.8 Å². The number of aromatic hydroxyl groups is 1. The molecule has 1 aromatic carbocycles. The van der Waals surface area contributed by atoms with Crippen LogP contribution in [0.1, 0.15) is 36.1 Å². The topological polar surface area (TPSA) is 92.9 Å². The molecule has 0 atom stereocenters. The molecule has 8 heteroatoms. The molecule has 1 aromatic heterocycles. The molecule has 176 valence electrons. The van der Waals surface area contributed by atoms with Gasteiger partial charge in [0.25, 0.3) is 0 Å². The molecule has 33 heavy (non-hydrogen) atoms. The molecule has 0 amide bonds. The van der Waals surface area contributed by atoms with Crippen LogP contribution in [0.2, 0.25) is 0 Å². The number of fused-ring (bicyclic) bond motifs is 1. The molecule has 0 bridgehead atoms. The lowest BCUT2D eigenvalue weighted by Crippen LogP contribution is -2.48. The number of piperazine rings is 1. The first-order chi connectivity index (χ1) is 15.9. The van der Waals surface area contributed by atoms with Crippen molar-refractivity contribution in [1.29, 1.82) is 5.26 Å². The highest BCUT2D eigenvalue weighted by molar-refractivity contribution is 7.99. The first-order valence-corrected chi connectivity index (χ1v) is 12.5. The summed E-state index contributed by atoms with van der Waals surface area (Å²) in [6.07, 6.45) is 1.47. The van der Waals surface area contributed by atoms with Crippen LogP contribution in [0.15, 0.2) is 29.3 Å². The Hall–Kier alpha value is -2.31. The Morgan fingerprint density at radius 2 is 2.00 bits per heavy atom. The normalized spacial score (nSPS) is 18.1. The predicted octanol–water partition coefficient (Wildman–Crippen LogP) is 2.96. The third kappa shape index (κ3) is 5.61. The molecule has 0 unspecified atom stereocenters. The highest BCUT2D eigenvalue weighted by Gasteiger charge is 2.33. The maximum Gasteiger partial charge on any atom is 0.135 e. The summed E-state index contributed by atoms with van der Waals surface area (Å²) in [4.78, 5) is 9.58. The molecule has 2 N–H and O–H groups in total. The zero-order chi connectivity index (χ0) is 23.4. The van der Waals surface area contributed by atoms with E-state index in [2.05, 4.69) is 29.7 Å². The van der Waals surface area contributed by atoms with Gasteiger partial charge in [0, 0.05) is 50.5 Å². The number of benzene rings is 1. The average molecular weight is 469 g/mol. The van der Waals surface area contributed by atoms with E-state index in [-0.39, 0.29) is 18.0 Å². The number of aromatic nitrogens is 1. The number of β-amino-alcohol motifs (C(OH)–C–C–N with tert-alkyl or cyclic N) is 1. The zero-order valence-corrected chi connectivity index (χ0v) is 20.2. The van der Waals surface area contributed by atoms with Gasteiger partial charge in [0.1, 0.15) is 22.7 Å². The van der Waals surface area contributed by atoms with Gasteiger partial charge in [-0.3, -0.25) is 4.90 Å². The molecular weight excluding hydrogens is 436 g/mol. The number of ether oxygens (including phenoxy) is 1. The number of phenols is 1. The van der Waals surface area contributed by atoms with E-state index in [0.29, 0.717) is 25.1 Å². The summed E-state index contributed by atoms with van der Waals surface area (Å²) in [5.41, 5.74) is 3.52. The summed E-state index contributed by atoms with van der Waals surface area (Å²) in [5.74, 6) is 1.98. The van der Waals surface area contributed by atoms with Crippen molar-refractivity contribution in [3.8, 4) is 11.8 Å². The van der Waals surface area contributed by atoms with Crippen LogP contribution < -0.4 is 4.90 Å². The van der Waals surface area contributed by atoms with E-state index in [4.69, 9.17) is 9.72 Å². The number of aliphatic hydroxyl groups excluding tert-OH is 1. The lowest BCUT2D eigenvalue weighted by molar-refractivity contribution is -0.0402. The lowest BCUT2D eigenvalue weighted by atomic mass is 9.89. The van der Waals surface area contributed by atoms with Gasteiger partial charge in [0.15, 0.2) is 0 Å². The summed E-state index contributed by atoms with van der Waals surface area (Å²) in [6, 6.07) is 9.75. The highest BCUT2D eigenvalue weighted by atomic mass is 32.2. The second-order valence-electron chi connectivity index (χ2n) is 9.23. The fourth-order valence-corrected chi connectivity index (χ4v) is 5.50. The molecular formula is C25H32N4O3S. The molecule has 3 heterocycles. The zero-order valence-electron chi connectivity index (χ0n) is 19.4. The van der Waals surface area contributed by atoms with Gasteiger partial charge in [-0.2, -0.15) is 5.26 Å². The van der Waals surface area contributed by atoms with Crippen molar-refractivity contribution in [3.63, 3.8) is 0 Å². The minimum Gasteiger partial charge on any atom is -0.508 e. The standard InChI is InChI=1S/C25H32N4O3S/c1-25(2)15-20-21(16-26)24(33-13-6-18-4-3-5-19(31)14-18)27-23(22(20)17-32-25)29-9-7-28(8-10-29)11-12-30/h3-5,14,30-31H,6-13,15,17H2,1-2H3. The maximum atomic E-state index is 10.1. The van der Waals surface area contributed by atoms with Gasteiger partial charge in [0.05, 0.1) is 24.4 Å². The molecule has 0 radical (unpaired) electrons. The number of aliphatic hydroxyl groups is 1. The van der Waals surface area contributed by atoms with Crippen molar-refractivity contribution in [2.45, 2.75) is 43.9 Å². The van der Waals surface area contributed by atoms with Crippen LogP contribution >= 0.6 is 11.8 Å². The van der Waals surface area contributed by atoms with Crippen molar-refractivity contribution in [2.24, 2.45) is 0 Å². The lowest BCUT2D eigenvalue weighted by Gasteiger charge is -2.39. The van der Waals surface area contributed by atoms with Crippen LogP contribution in [0.3, 0.4) is 0 Å². The smallest absolute Gasteiger partial charge is 0.135 e. The second kappa shape index (κ2) is 10.3. The molecule has 2 aromatic rings. The minimum atomic E-state index is -0.319. The number of aryl methyl sites for hydroxylation is 1. The van der Waals surface area contributed by atoms with Gasteiger partial charge in [-0.05, 0) is 43.5 Å². The van der Waals surface area contributed by atoms with Crippen LogP contribution in [0.25, 0.3) is 0 Å². The van der Waals surface area contributed by atoms with Gasteiger partial charge in [-0.15, -0.1) is 11.8 Å². The van der Waals surface area contributed by atoms with Crippen molar-refractivity contribution < 1.29 is 14.9 Å². The number of pyridine rings is 1. The first kappa shape index (κ1) is 23.8. The van der Waals surface area contributed by atoms with Crippen molar-refractivity contribution in [1.82, 2.24) is 9.88 Å². The summed E-state index contributed by atoms with van der Waals surface area (Å²) < 4.78 is 6.12. The molecule has 2 aliphatic heterocycles. The average Bonchev–Trinajstić information content (AvgIpc) is 2.79. The van der Waals surface area contributed by atoms with Crippen LogP contribution in [0.5, 0.6) is 5.75 Å². The van der Waals surface area contributed by atoms with Crippen molar-refractivity contribution in [2.75, 3.05) is 50.0 Å². The molecule has 1 saturated heterocycles. The number of nitrogens with zero attached hydrogens (tertiary/aromatic N) is 4. The number of anilines is 1. The fourth-order valence-electron chi connectivity index (χ4n) is 4.51. The highest BCUT2D eigenvalue weighted by Crippen LogP contribution is 2.39. The molecule has 7 nitrogen and oxygen atoms in total. The van der Waals surface area contributed by atoms with E-state index in [1.165, 1.54) is 0 Å². The number of hydrogen-bond donors (Lipinski definition) is 2. The monoisotopic (exact) mass is 468 g/mol. The molecule has 0 spiro atoms. The van der Waals surface area contributed by atoms with Gasteiger partial charge in [0.2, 0.25) is 0 Å². The van der Waals surface area contributed by atoms with Crippen molar-refractivity contribution >= 4 is 17.6 Å². The van der Waals surface area contributed by atoms with Crippen LogP contribution in [-0.2, 0) is 24.2 Å². The fraction of sp³-hybridized carbons (Fsp3) is 0.520. The van der Waals surface area contributed by atoms with Gasteiger partial charge in [-0.25, -0.2) is 4.98 Å². The van der Waals surface area contributed by atoms with Crippen molar-refractivity contribution in [3.05, 3.63) is 46.5 Å². The summed E-state index contributed by atoms with van der Waals surface area (Å²) in [5, 5.41) is 29.8. The van der Waals surface area contributed by atoms with E-state index < -0.39 is 0 Å². The minimum absolute atomic E-state index is 0.174. The van der Waals surface area contributed by atoms with E-state index in [1.54, 1.807) is 23.9 Å². The molecule has 1 fully saturated rings. The van der Waals surface area contributed by atoms with Crippen LogP contribution in [-0.4, -0.2) is 70.8 Å². The number of phenolic OH excluding ortho intramolecular Hbond substituents is 1. The summed E-state index contributed by atoms with van der Waals surface area (Å²) in [6.45, 7) is 8.90. The maximum absolute atomic E-state index is 10.1. The first-order valence-electron chi connectivity index (χ1n) is 11.5. The Bertz CT molecular complexity index is 1030. The van der Waals surface area contributed by atoms with E-state index >= 15 is 0 Å². The summed E-state index contributed by atoms with van der Waals surface area (Å²) >= 11 is 1.61. The number of hydrogen-bond acceptors (Lipinski definition) is 8. The largest absolute Gasteiger partial charge is 0.508 e. The van der Waals surface area contributed by atoms with E-state index in [0.717, 1.165) is 65.9 Å². The Balaban J connectivity index is 1.61. The van der Waals surface area contributed by atoms with Crippen LogP contribution in [0.4, 0.5) is 5.82 Å². The predicted molar refractivity (Wildman–Crippen MR) is 130 cm³/mol. The van der Waals surface area contributed by atoms with E-state index in [1.807, 2.05) is 12.1 Å².